The van der Waals surface area contributed by atoms with Crippen LogP contribution in [0, 0.1) is 0 Å². The Bertz CT molecular complexity index is 776. The van der Waals surface area contributed by atoms with Crippen molar-refractivity contribution in [3.8, 4) is 0 Å². The summed E-state index contributed by atoms with van der Waals surface area (Å²) >= 11 is 0. The van der Waals surface area contributed by atoms with Crippen molar-refractivity contribution in [2.24, 2.45) is 0 Å². The Labute approximate surface area is 156 Å². The predicted molar refractivity (Wildman–Crippen MR) is 92.9 cm³/mol. The van der Waals surface area contributed by atoms with Gasteiger partial charge in [0.15, 0.2) is 5.82 Å². The van der Waals surface area contributed by atoms with Crippen LogP contribution in [0.1, 0.15) is 56.6 Å². The molecule has 0 amide bonds. The summed E-state index contributed by atoms with van der Waals surface area (Å²) < 4.78 is 41.4. The van der Waals surface area contributed by atoms with E-state index in [1.54, 1.807) is 10.7 Å². The maximum atomic E-state index is 13.2. The topological polar surface area (TPSA) is 67.1 Å². The zero-order valence-electron chi connectivity index (χ0n) is 15.6. The summed E-state index contributed by atoms with van der Waals surface area (Å²) in [7, 11) is 0. The number of hydrogen-bond donors (Lipinski definition) is 1. The van der Waals surface area contributed by atoms with Crippen LogP contribution in [0.5, 0.6) is 0 Å². The third-order valence-corrected chi connectivity index (χ3v) is 4.77. The van der Waals surface area contributed by atoms with Crippen molar-refractivity contribution in [3.05, 3.63) is 41.2 Å². The molecule has 1 aromatic heterocycles. The number of halogens is 3. The third kappa shape index (κ3) is 4.30. The van der Waals surface area contributed by atoms with E-state index < -0.39 is 23.3 Å². The fourth-order valence-electron chi connectivity index (χ4n) is 3.39. The summed E-state index contributed by atoms with van der Waals surface area (Å²) in [6, 6.07) is 4.79. The molecule has 0 radical (unpaired) electrons. The first-order valence-corrected chi connectivity index (χ1v) is 8.95. The molecule has 1 fully saturated rings. The second kappa shape index (κ2) is 7.20. The van der Waals surface area contributed by atoms with Gasteiger partial charge in [0, 0.05) is 13.1 Å². The molecule has 0 spiro atoms. The molecule has 0 aliphatic carbocycles. The van der Waals surface area contributed by atoms with E-state index in [0.29, 0.717) is 37.3 Å². The van der Waals surface area contributed by atoms with E-state index in [1.807, 2.05) is 25.7 Å². The summed E-state index contributed by atoms with van der Waals surface area (Å²) in [4.78, 5) is 2.04. The van der Waals surface area contributed by atoms with Gasteiger partial charge >= 0.3 is 6.18 Å². The molecule has 3 rings (SSSR count). The molecule has 1 saturated heterocycles. The zero-order chi connectivity index (χ0) is 19.8. The molecule has 1 aliphatic rings. The van der Waals surface area contributed by atoms with Crippen molar-refractivity contribution >= 4 is 0 Å². The minimum atomic E-state index is -4.42. The summed E-state index contributed by atoms with van der Waals surface area (Å²) in [5, 5.41) is 21.8. The number of tetrazole rings is 1. The van der Waals surface area contributed by atoms with Crippen LogP contribution >= 0.6 is 0 Å². The highest BCUT2D eigenvalue weighted by Crippen LogP contribution is 2.35. The first kappa shape index (κ1) is 19.8. The molecule has 0 saturated carbocycles. The van der Waals surface area contributed by atoms with Gasteiger partial charge in [0.1, 0.15) is 0 Å². The summed E-state index contributed by atoms with van der Waals surface area (Å²) in [5.74, 6) is 0.498. The molecule has 6 nitrogen and oxygen atoms in total. The van der Waals surface area contributed by atoms with E-state index in [1.165, 1.54) is 6.07 Å². The van der Waals surface area contributed by atoms with Crippen LogP contribution in [-0.2, 0) is 11.7 Å². The number of rotatable bonds is 3. The number of piperidine rings is 1. The normalized spacial score (nSPS) is 18.6. The van der Waals surface area contributed by atoms with Crippen molar-refractivity contribution in [2.45, 2.75) is 57.5 Å². The van der Waals surface area contributed by atoms with Gasteiger partial charge < -0.3 is 5.11 Å². The quantitative estimate of drug-likeness (QED) is 0.883. The van der Waals surface area contributed by atoms with Crippen LogP contribution in [0.25, 0.3) is 0 Å². The summed E-state index contributed by atoms with van der Waals surface area (Å²) in [5.41, 5.74) is -0.632. The minimum absolute atomic E-state index is 0.387. The Morgan fingerprint density at radius 1 is 1.15 bits per heavy atom. The van der Waals surface area contributed by atoms with Crippen molar-refractivity contribution in [1.82, 2.24) is 25.1 Å². The zero-order valence-corrected chi connectivity index (χ0v) is 15.6. The smallest absolute Gasteiger partial charge is 0.393 e. The lowest BCUT2D eigenvalue weighted by Gasteiger charge is -2.37. The second-order valence-electron chi connectivity index (χ2n) is 7.91. The molecular formula is C18H24F3N5O. The molecule has 0 unspecified atom stereocenters. The highest BCUT2D eigenvalue weighted by atomic mass is 19.4. The molecule has 148 valence electrons. The Hall–Kier alpha value is -2.00. The molecule has 1 aromatic carbocycles. The van der Waals surface area contributed by atoms with E-state index >= 15 is 0 Å². The van der Waals surface area contributed by atoms with Crippen LogP contribution in [0.3, 0.4) is 0 Å². The Morgan fingerprint density at radius 2 is 1.81 bits per heavy atom. The van der Waals surface area contributed by atoms with Gasteiger partial charge in [0.2, 0.25) is 0 Å². The van der Waals surface area contributed by atoms with E-state index in [0.717, 1.165) is 12.1 Å². The maximum Gasteiger partial charge on any atom is 0.416 e. The van der Waals surface area contributed by atoms with Crippen LogP contribution in [-0.4, -0.2) is 49.4 Å². The SMILES string of the molecule is CC(C)(C)n1nnnc1[C@H](c1cccc(C(F)(F)F)c1)N1CCC(O)CC1. The average molecular weight is 383 g/mol. The van der Waals surface area contributed by atoms with Crippen molar-refractivity contribution in [1.29, 1.82) is 0 Å². The molecule has 27 heavy (non-hydrogen) atoms. The number of alkyl halides is 3. The Balaban J connectivity index is 2.08. The van der Waals surface area contributed by atoms with E-state index in [9.17, 15) is 18.3 Å². The largest absolute Gasteiger partial charge is 0.416 e. The van der Waals surface area contributed by atoms with E-state index in [2.05, 4.69) is 15.5 Å². The summed E-state index contributed by atoms with van der Waals surface area (Å²) in [6.45, 7) is 6.93. The Morgan fingerprint density at radius 3 is 2.41 bits per heavy atom. The molecule has 1 aliphatic heterocycles. The van der Waals surface area contributed by atoms with Crippen molar-refractivity contribution in [2.75, 3.05) is 13.1 Å². The Kier molecular flexibility index (Phi) is 5.27. The first-order valence-electron chi connectivity index (χ1n) is 8.95. The monoisotopic (exact) mass is 383 g/mol. The fourth-order valence-corrected chi connectivity index (χ4v) is 3.39. The number of aliphatic hydroxyl groups excluding tert-OH is 1. The number of aromatic nitrogens is 4. The molecule has 1 atom stereocenters. The minimum Gasteiger partial charge on any atom is -0.393 e. The lowest BCUT2D eigenvalue weighted by Crippen LogP contribution is -2.41. The van der Waals surface area contributed by atoms with Crippen molar-refractivity contribution in [3.63, 3.8) is 0 Å². The molecule has 2 heterocycles. The molecule has 0 bridgehead atoms. The van der Waals surface area contributed by atoms with Gasteiger partial charge in [0.25, 0.3) is 0 Å². The second-order valence-corrected chi connectivity index (χ2v) is 7.91. The molecular weight excluding hydrogens is 359 g/mol. The predicted octanol–water partition coefficient (Wildman–Crippen LogP) is 2.99. The van der Waals surface area contributed by atoms with E-state index in [-0.39, 0.29) is 6.10 Å². The van der Waals surface area contributed by atoms with Gasteiger partial charge in [-0.25, -0.2) is 4.68 Å². The van der Waals surface area contributed by atoms with Gasteiger partial charge in [-0.2, -0.15) is 13.2 Å². The number of aliphatic hydroxyl groups is 1. The molecule has 1 N–H and O–H groups in total. The third-order valence-electron chi connectivity index (χ3n) is 4.77. The van der Waals surface area contributed by atoms with Crippen molar-refractivity contribution < 1.29 is 18.3 Å². The number of nitrogens with zero attached hydrogens (tertiary/aromatic N) is 5. The van der Waals surface area contributed by atoms with Gasteiger partial charge in [-0.05, 0) is 61.7 Å². The van der Waals surface area contributed by atoms with Crippen LogP contribution in [0.2, 0.25) is 0 Å². The highest BCUT2D eigenvalue weighted by molar-refractivity contribution is 5.31. The lowest BCUT2D eigenvalue weighted by atomic mass is 9.97. The van der Waals surface area contributed by atoms with Crippen LogP contribution in [0.4, 0.5) is 13.2 Å². The summed E-state index contributed by atoms with van der Waals surface area (Å²) in [6.07, 6.45) is -3.68. The van der Waals surface area contributed by atoms with Gasteiger partial charge in [-0.15, -0.1) is 5.10 Å². The standard InChI is InChI=1S/C18H24F3N5O/c1-17(2,3)26-16(22-23-24-26)15(25-9-7-14(27)8-10-25)12-5-4-6-13(11-12)18(19,20)21/h4-6,11,14-15,27H,7-10H2,1-3H3/t15-/m0/s1. The van der Waals surface area contributed by atoms with Gasteiger partial charge in [-0.3, -0.25) is 4.90 Å². The van der Waals surface area contributed by atoms with Gasteiger partial charge in [0.05, 0.1) is 23.2 Å². The average Bonchev–Trinajstić information content (AvgIpc) is 3.06. The highest BCUT2D eigenvalue weighted by Gasteiger charge is 2.36. The van der Waals surface area contributed by atoms with Crippen LogP contribution in [0.15, 0.2) is 24.3 Å². The van der Waals surface area contributed by atoms with Crippen LogP contribution < -0.4 is 0 Å². The fraction of sp³-hybridized carbons (Fsp3) is 0.611. The lowest BCUT2D eigenvalue weighted by molar-refractivity contribution is -0.137. The maximum absolute atomic E-state index is 13.2. The number of benzene rings is 1. The van der Waals surface area contributed by atoms with Gasteiger partial charge in [-0.1, -0.05) is 12.1 Å². The number of likely N-dealkylation sites (tertiary alicyclic amines) is 1. The van der Waals surface area contributed by atoms with E-state index in [4.69, 9.17) is 0 Å². The molecule has 2 aromatic rings. The first-order chi connectivity index (χ1) is 12.6. The number of hydrogen-bond acceptors (Lipinski definition) is 5. The molecule has 9 heteroatoms.